The Morgan fingerprint density at radius 1 is 1.29 bits per heavy atom. The van der Waals surface area contributed by atoms with Crippen molar-refractivity contribution in [2.24, 2.45) is 23.5 Å². The predicted molar refractivity (Wildman–Crippen MR) is 132 cm³/mol. The maximum absolute atomic E-state index is 15.2. The number of primary amides is 1. The Morgan fingerprint density at radius 3 is 2.71 bits per heavy atom. The molecular formula is C28H28F2N4O4. The zero-order valence-corrected chi connectivity index (χ0v) is 20.7. The molecule has 0 aromatic carbocycles. The van der Waals surface area contributed by atoms with Crippen molar-refractivity contribution in [1.29, 1.82) is 0 Å². The Hall–Kier alpha value is -3.68. The van der Waals surface area contributed by atoms with E-state index in [4.69, 9.17) is 10.5 Å². The lowest BCUT2D eigenvalue weighted by molar-refractivity contribution is -0.115. The number of aliphatic hydroxyl groups excluding tert-OH is 1. The van der Waals surface area contributed by atoms with Crippen LogP contribution in [0.2, 0.25) is 0 Å². The molecule has 8 nitrogen and oxygen atoms in total. The predicted octanol–water partition coefficient (Wildman–Crippen LogP) is 2.44. The lowest BCUT2D eigenvalue weighted by atomic mass is 9.72. The third-order valence-electron chi connectivity index (χ3n) is 8.20. The molecule has 1 aromatic rings. The number of carbonyl (C=O) groups excluding carboxylic acids is 1. The number of pyridine rings is 1. The highest BCUT2D eigenvalue weighted by Gasteiger charge is 2.52. The summed E-state index contributed by atoms with van der Waals surface area (Å²) in [5.41, 5.74) is 5.83. The minimum Gasteiger partial charge on any atom is -0.481 e. The number of nitrogens with zero attached hydrogens (tertiary/aromatic N) is 2. The van der Waals surface area contributed by atoms with Gasteiger partial charge in [0.1, 0.15) is 35.2 Å². The molecule has 38 heavy (non-hydrogen) atoms. The van der Waals surface area contributed by atoms with Gasteiger partial charge in [0.05, 0.1) is 30.1 Å². The quantitative estimate of drug-likeness (QED) is 0.449. The van der Waals surface area contributed by atoms with E-state index in [0.717, 1.165) is 30.8 Å². The number of methoxy groups -OCH3 is 1. The largest absolute Gasteiger partial charge is 0.481 e. The van der Waals surface area contributed by atoms with Crippen LogP contribution in [0.3, 0.4) is 0 Å². The molecule has 3 aliphatic carbocycles. The topological polar surface area (TPSA) is 121 Å². The van der Waals surface area contributed by atoms with Gasteiger partial charge in [-0.3, -0.25) is 4.79 Å². The number of hydrogen-bond acceptors (Lipinski definition) is 7. The van der Waals surface area contributed by atoms with Gasteiger partial charge in [0.15, 0.2) is 0 Å². The third-order valence-corrected chi connectivity index (χ3v) is 8.20. The molecule has 3 aliphatic heterocycles. The van der Waals surface area contributed by atoms with E-state index in [9.17, 15) is 19.4 Å². The highest BCUT2D eigenvalue weighted by molar-refractivity contribution is 5.93. The summed E-state index contributed by atoms with van der Waals surface area (Å²) in [6.45, 7) is 0. The van der Waals surface area contributed by atoms with Crippen molar-refractivity contribution in [3.05, 3.63) is 70.4 Å². The number of allylic oxidation sites excluding steroid dienone is 5. The van der Waals surface area contributed by atoms with Gasteiger partial charge >= 0.3 is 0 Å². The lowest BCUT2D eigenvalue weighted by Gasteiger charge is -2.35. The first-order chi connectivity index (χ1) is 18.2. The van der Waals surface area contributed by atoms with E-state index in [1.807, 2.05) is 6.08 Å². The summed E-state index contributed by atoms with van der Waals surface area (Å²) in [6, 6.07) is 1.11. The van der Waals surface area contributed by atoms with Crippen molar-refractivity contribution >= 4 is 5.91 Å². The molecule has 1 amide bonds. The van der Waals surface area contributed by atoms with Gasteiger partial charge in [-0.05, 0) is 56.1 Å². The van der Waals surface area contributed by atoms with Crippen molar-refractivity contribution in [2.45, 2.75) is 50.0 Å². The van der Waals surface area contributed by atoms with Gasteiger partial charge in [-0.25, -0.2) is 13.8 Å². The van der Waals surface area contributed by atoms with Crippen molar-refractivity contribution in [3.8, 4) is 17.7 Å². The van der Waals surface area contributed by atoms with Crippen LogP contribution in [-0.2, 0) is 4.79 Å². The van der Waals surface area contributed by atoms with Gasteiger partial charge < -0.3 is 30.9 Å². The number of nitrogens with one attached hydrogen (secondary N) is 1. The van der Waals surface area contributed by atoms with Crippen LogP contribution in [0.5, 0.6) is 5.88 Å². The van der Waals surface area contributed by atoms with E-state index in [0.29, 0.717) is 19.3 Å². The normalized spacial score (nSPS) is 29.3. The van der Waals surface area contributed by atoms with Crippen molar-refractivity contribution in [2.75, 3.05) is 7.11 Å². The standard InChI is InChI=1S/C28H28F2N4O4/c1-38-27-20(11-16(29)13-32-27)24(35)23-22(25(31)36)33-26-19-10-14(4-7-28(37)5-2-3-6-28)21(30)12-18(19)15-8-17(9-15)34(23)26/h8,10-13,15,18-19,24,26,33,35,37H,2-3,5-6,9H2,1H3,(H2,31,36)/t15?,18?,19?,24-,26?/m0/s1. The fraction of sp³-hybridized carbons (Fsp3) is 0.429. The van der Waals surface area contributed by atoms with Crippen LogP contribution in [0, 0.1) is 35.4 Å². The Bertz CT molecular complexity index is 1400. The van der Waals surface area contributed by atoms with Gasteiger partial charge in [-0.1, -0.05) is 24.0 Å². The Kier molecular flexibility index (Phi) is 5.81. The Morgan fingerprint density at radius 2 is 2.03 bits per heavy atom. The summed E-state index contributed by atoms with van der Waals surface area (Å²) < 4.78 is 34.6. The maximum Gasteiger partial charge on any atom is 0.266 e. The monoisotopic (exact) mass is 522 g/mol. The first-order valence-electron chi connectivity index (χ1n) is 12.7. The van der Waals surface area contributed by atoms with Gasteiger partial charge in [0, 0.05) is 11.6 Å². The number of carbonyl (C=O) groups is 1. The number of aromatic nitrogens is 1. The third kappa shape index (κ3) is 3.89. The minimum absolute atomic E-state index is 0.0109. The van der Waals surface area contributed by atoms with Crippen LogP contribution in [-0.4, -0.2) is 44.9 Å². The summed E-state index contributed by atoms with van der Waals surface area (Å²) in [5.74, 6) is 3.32. The van der Waals surface area contributed by atoms with Gasteiger partial charge in [0.2, 0.25) is 5.88 Å². The number of nitrogens with two attached hydrogens (primary N) is 1. The molecule has 2 fully saturated rings. The average Bonchev–Trinajstić information content (AvgIpc) is 3.41. The molecule has 1 saturated heterocycles. The van der Waals surface area contributed by atoms with Crippen molar-refractivity contribution in [1.82, 2.24) is 15.2 Å². The summed E-state index contributed by atoms with van der Waals surface area (Å²) in [6.07, 6.45) is 7.68. The number of ether oxygens (including phenoxy) is 1. The zero-order valence-electron chi connectivity index (χ0n) is 20.7. The summed E-state index contributed by atoms with van der Waals surface area (Å²) in [4.78, 5) is 18.3. The molecule has 2 bridgehead atoms. The van der Waals surface area contributed by atoms with Crippen molar-refractivity contribution < 1.29 is 28.5 Å². The molecule has 1 saturated carbocycles. The first kappa shape index (κ1) is 24.6. The highest BCUT2D eigenvalue weighted by Crippen LogP contribution is 2.53. The fourth-order valence-corrected chi connectivity index (χ4v) is 6.29. The lowest BCUT2D eigenvalue weighted by Crippen LogP contribution is -2.44. The second kappa shape index (κ2) is 8.96. The van der Waals surface area contributed by atoms with Gasteiger partial charge in [-0.2, -0.15) is 0 Å². The van der Waals surface area contributed by atoms with E-state index in [1.54, 1.807) is 17.1 Å². The van der Waals surface area contributed by atoms with E-state index in [-0.39, 0.29) is 46.2 Å². The van der Waals surface area contributed by atoms with Crippen LogP contribution in [0.4, 0.5) is 8.78 Å². The van der Waals surface area contributed by atoms with Crippen LogP contribution in [0.15, 0.2) is 59.0 Å². The molecule has 5 N–H and O–H groups in total. The SMILES string of the molecule is COc1ncc(F)cc1[C@H](O)C1=C(C(N)=O)NC2C3C=C(C#CC4(O)CCCC4)C(F)=CC3C3C=C(C3)N12. The molecule has 0 radical (unpaired) electrons. The second-order valence-electron chi connectivity index (χ2n) is 10.5. The molecule has 4 unspecified atom stereocenters. The molecule has 4 heterocycles. The smallest absolute Gasteiger partial charge is 0.266 e. The van der Waals surface area contributed by atoms with Crippen LogP contribution in [0.25, 0.3) is 0 Å². The molecule has 1 aromatic heterocycles. The molecular weight excluding hydrogens is 494 g/mol. The Balaban J connectivity index is 1.41. The first-order valence-corrected chi connectivity index (χ1v) is 12.7. The molecule has 6 aliphatic rings. The maximum atomic E-state index is 15.2. The van der Waals surface area contributed by atoms with Gasteiger partial charge in [0.25, 0.3) is 5.91 Å². The minimum atomic E-state index is -1.49. The number of amides is 1. The van der Waals surface area contributed by atoms with Crippen LogP contribution in [0.1, 0.15) is 43.8 Å². The fourth-order valence-electron chi connectivity index (χ4n) is 6.29. The van der Waals surface area contributed by atoms with E-state index >= 15 is 4.39 Å². The highest BCUT2D eigenvalue weighted by atomic mass is 19.1. The molecule has 5 atom stereocenters. The van der Waals surface area contributed by atoms with E-state index in [1.165, 1.54) is 7.11 Å². The Labute approximate surface area is 218 Å². The zero-order chi connectivity index (χ0) is 26.8. The number of halogens is 2. The second-order valence-corrected chi connectivity index (χ2v) is 10.5. The molecule has 7 rings (SSSR count). The summed E-state index contributed by atoms with van der Waals surface area (Å²) in [5, 5.41) is 25.3. The molecule has 0 spiro atoms. The number of rotatable bonds is 4. The van der Waals surface area contributed by atoms with Crippen molar-refractivity contribution in [3.63, 3.8) is 0 Å². The van der Waals surface area contributed by atoms with Crippen LogP contribution >= 0.6 is 0 Å². The number of hydrogen-bond donors (Lipinski definition) is 4. The molecule has 198 valence electrons. The van der Waals surface area contributed by atoms with Crippen LogP contribution < -0.4 is 15.8 Å². The van der Waals surface area contributed by atoms with E-state index in [2.05, 4.69) is 22.1 Å². The van der Waals surface area contributed by atoms with Gasteiger partial charge in [-0.15, -0.1) is 0 Å². The van der Waals surface area contributed by atoms with E-state index < -0.39 is 35.4 Å². The molecule has 10 heteroatoms. The summed E-state index contributed by atoms with van der Waals surface area (Å²) >= 11 is 0. The average molecular weight is 523 g/mol. The number of aliphatic hydroxyl groups is 2. The summed E-state index contributed by atoms with van der Waals surface area (Å²) in [7, 11) is 1.35.